The third kappa shape index (κ3) is 5.57. The number of para-hydroxylation sites is 4. The Bertz CT molecular complexity index is 2020. The molecule has 256 valence electrons. The molecular formula is C49H50N2. The number of benzene rings is 6. The van der Waals surface area contributed by atoms with Crippen LogP contribution in [0.3, 0.4) is 0 Å². The standard InChI is InChI=1S/C49H50N2/c1-5-48(4,51(41-25-15-8-16-26-41)42-27-17-9-18-28-42)38-30-32-44-43-31-29-37(35-45(43)49(46(44)36-38)33-19-10-20-34-49)47(2,3)50(39-21-11-6-12-22-39)40-23-13-7-14-24-40/h6-9,11-18,21-32,35-36H,5,10,19-20,33-34H2,1-4H3. The van der Waals surface area contributed by atoms with Crippen molar-refractivity contribution in [3.63, 3.8) is 0 Å². The molecule has 0 radical (unpaired) electrons. The molecule has 0 aromatic heterocycles. The minimum Gasteiger partial charge on any atom is -0.332 e. The molecule has 1 atom stereocenters. The van der Waals surface area contributed by atoms with Gasteiger partial charge in [0.1, 0.15) is 0 Å². The molecule has 1 saturated carbocycles. The zero-order valence-corrected chi connectivity index (χ0v) is 30.6. The highest BCUT2D eigenvalue weighted by Crippen LogP contribution is 2.58. The van der Waals surface area contributed by atoms with Crippen molar-refractivity contribution in [3.8, 4) is 11.1 Å². The summed E-state index contributed by atoms with van der Waals surface area (Å²) < 4.78 is 0. The summed E-state index contributed by atoms with van der Waals surface area (Å²) in [7, 11) is 0. The van der Waals surface area contributed by atoms with Crippen LogP contribution in [0.4, 0.5) is 22.7 Å². The summed E-state index contributed by atoms with van der Waals surface area (Å²) in [5, 5.41) is 0. The molecule has 8 rings (SSSR count). The van der Waals surface area contributed by atoms with Gasteiger partial charge in [0.2, 0.25) is 0 Å². The van der Waals surface area contributed by atoms with Crippen molar-refractivity contribution < 1.29 is 0 Å². The molecule has 2 heteroatoms. The van der Waals surface area contributed by atoms with E-state index in [1.807, 2.05) is 0 Å². The molecule has 0 heterocycles. The van der Waals surface area contributed by atoms with Gasteiger partial charge in [-0.05, 0) is 122 Å². The van der Waals surface area contributed by atoms with E-state index in [0.717, 1.165) is 6.42 Å². The van der Waals surface area contributed by atoms with Crippen LogP contribution < -0.4 is 9.80 Å². The first-order valence-corrected chi connectivity index (χ1v) is 19.0. The smallest absolute Gasteiger partial charge is 0.0671 e. The summed E-state index contributed by atoms with van der Waals surface area (Å²) in [5.41, 5.74) is 13.0. The third-order valence-electron chi connectivity index (χ3n) is 12.2. The Morgan fingerprint density at radius 3 is 1.29 bits per heavy atom. The van der Waals surface area contributed by atoms with Crippen LogP contribution in [-0.4, -0.2) is 0 Å². The highest BCUT2D eigenvalue weighted by molar-refractivity contribution is 5.83. The van der Waals surface area contributed by atoms with Crippen molar-refractivity contribution in [2.75, 3.05) is 9.80 Å². The number of nitrogens with zero attached hydrogens (tertiary/aromatic N) is 2. The van der Waals surface area contributed by atoms with E-state index < -0.39 is 0 Å². The lowest BCUT2D eigenvalue weighted by molar-refractivity contribution is 0.351. The fourth-order valence-corrected chi connectivity index (χ4v) is 9.35. The summed E-state index contributed by atoms with van der Waals surface area (Å²) in [6.45, 7) is 9.55. The van der Waals surface area contributed by atoms with Gasteiger partial charge in [0.25, 0.3) is 0 Å². The molecule has 6 aromatic rings. The highest BCUT2D eigenvalue weighted by Gasteiger charge is 2.46. The molecule has 0 bridgehead atoms. The van der Waals surface area contributed by atoms with Crippen LogP contribution in [0.25, 0.3) is 11.1 Å². The average Bonchev–Trinajstić information content (AvgIpc) is 3.44. The molecule has 0 saturated heterocycles. The molecule has 2 aliphatic carbocycles. The fourth-order valence-electron chi connectivity index (χ4n) is 9.35. The zero-order valence-electron chi connectivity index (χ0n) is 30.6. The van der Waals surface area contributed by atoms with E-state index in [0.29, 0.717) is 0 Å². The van der Waals surface area contributed by atoms with Gasteiger partial charge in [-0.2, -0.15) is 0 Å². The van der Waals surface area contributed by atoms with Gasteiger partial charge in [0.05, 0.1) is 11.1 Å². The maximum atomic E-state index is 2.62. The van der Waals surface area contributed by atoms with E-state index in [1.54, 1.807) is 0 Å². The Morgan fingerprint density at radius 2 is 0.863 bits per heavy atom. The maximum absolute atomic E-state index is 2.62. The average molecular weight is 667 g/mol. The van der Waals surface area contributed by atoms with Crippen LogP contribution in [0, 0.1) is 0 Å². The minimum atomic E-state index is -0.291. The lowest BCUT2D eigenvalue weighted by Crippen LogP contribution is -2.41. The van der Waals surface area contributed by atoms with Crippen LogP contribution in [0.2, 0.25) is 0 Å². The summed E-state index contributed by atoms with van der Waals surface area (Å²) in [6.07, 6.45) is 7.22. The summed E-state index contributed by atoms with van der Waals surface area (Å²) in [6, 6.07) is 58.6. The van der Waals surface area contributed by atoms with Gasteiger partial charge in [-0.3, -0.25) is 0 Å². The van der Waals surface area contributed by atoms with E-state index in [2.05, 4.69) is 195 Å². The van der Waals surface area contributed by atoms with E-state index >= 15 is 0 Å². The number of hydrogen-bond donors (Lipinski definition) is 0. The summed E-state index contributed by atoms with van der Waals surface area (Å²) in [4.78, 5) is 5.07. The molecule has 51 heavy (non-hydrogen) atoms. The SMILES string of the molecule is CCC(C)(c1ccc2c(c1)C1(CCCCC1)c1cc(C(C)(C)N(c3ccccc3)c3ccccc3)ccc1-2)N(c1ccccc1)c1ccccc1. The number of fused-ring (bicyclic) bond motifs is 5. The van der Waals surface area contributed by atoms with E-state index in [1.165, 1.54) is 88.2 Å². The molecule has 1 spiro atoms. The van der Waals surface area contributed by atoms with Crippen molar-refractivity contribution in [2.45, 2.75) is 82.7 Å². The molecule has 6 aromatic carbocycles. The Kier molecular flexibility index (Phi) is 8.58. The number of hydrogen-bond acceptors (Lipinski definition) is 2. The summed E-state index contributed by atoms with van der Waals surface area (Å²) in [5.74, 6) is 0. The molecule has 0 amide bonds. The van der Waals surface area contributed by atoms with Gasteiger partial charge in [-0.25, -0.2) is 0 Å². The largest absolute Gasteiger partial charge is 0.332 e. The van der Waals surface area contributed by atoms with Crippen molar-refractivity contribution in [3.05, 3.63) is 180 Å². The number of anilines is 4. The molecular weight excluding hydrogens is 617 g/mol. The Morgan fingerprint density at radius 1 is 0.471 bits per heavy atom. The molecule has 0 aliphatic heterocycles. The first-order valence-electron chi connectivity index (χ1n) is 19.0. The first-order chi connectivity index (χ1) is 24.9. The van der Waals surface area contributed by atoms with Crippen LogP contribution in [-0.2, 0) is 16.5 Å². The van der Waals surface area contributed by atoms with Gasteiger partial charge in [0.15, 0.2) is 0 Å². The van der Waals surface area contributed by atoms with Crippen molar-refractivity contribution in [1.82, 2.24) is 0 Å². The van der Waals surface area contributed by atoms with Crippen molar-refractivity contribution in [1.29, 1.82) is 0 Å². The quantitative estimate of drug-likeness (QED) is 0.152. The molecule has 2 nitrogen and oxygen atoms in total. The highest BCUT2D eigenvalue weighted by atomic mass is 15.2. The summed E-state index contributed by atoms with van der Waals surface area (Å²) >= 11 is 0. The second kappa shape index (κ2) is 13.2. The topological polar surface area (TPSA) is 6.48 Å². The van der Waals surface area contributed by atoms with Gasteiger partial charge in [-0.1, -0.05) is 135 Å². The van der Waals surface area contributed by atoms with E-state index in [-0.39, 0.29) is 16.5 Å². The van der Waals surface area contributed by atoms with Crippen LogP contribution in [0.1, 0.15) is 88.5 Å². The monoisotopic (exact) mass is 666 g/mol. The second-order valence-electron chi connectivity index (χ2n) is 15.4. The van der Waals surface area contributed by atoms with Crippen LogP contribution >= 0.6 is 0 Å². The predicted octanol–water partition coefficient (Wildman–Crippen LogP) is 13.5. The normalized spacial score (nSPS) is 15.8. The van der Waals surface area contributed by atoms with Crippen LogP contribution in [0.15, 0.2) is 158 Å². The Balaban J connectivity index is 1.26. The van der Waals surface area contributed by atoms with Gasteiger partial charge >= 0.3 is 0 Å². The predicted molar refractivity (Wildman–Crippen MR) is 216 cm³/mol. The first kappa shape index (κ1) is 33.1. The van der Waals surface area contributed by atoms with Crippen molar-refractivity contribution >= 4 is 22.7 Å². The zero-order chi connectivity index (χ0) is 35.1. The van der Waals surface area contributed by atoms with E-state index in [4.69, 9.17) is 0 Å². The van der Waals surface area contributed by atoms with Gasteiger partial charge < -0.3 is 9.80 Å². The number of rotatable bonds is 9. The van der Waals surface area contributed by atoms with Crippen molar-refractivity contribution in [2.24, 2.45) is 0 Å². The lowest BCUT2D eigenvalue weighted by Gasteiger charge is -2.44. The lowest BCUT2D eigenvalue weighted by atomic mass is 9.66. The maximum Gasteiger partial charge on any atom is 0.0671 e. The molecule has 1 fully saturated rings. The van der Waals surface area contributed by atoms with E-state index in [9.17, 15) is 0 Å². The van der Waals surface area contributed by atoms with Gasteiger partial charge in [-0.15, -0.1) is 0 Å². The third-order valence-corrected chi connectivity index (χ3v) is 12.2. The molecule has 2 aliphatic rings. The second-order valence-corrected chi connectivity index (χ2v) is 15.4. The van der Waals surface area contributed by atoms with Crippen LogP contribution in [0.5, 0.6) is 0 Å². The Hall–Kier alpha value is -5.08. The van der Waals surface area contributed by atoms with Gasteiger partial charge in [0, 0.05) is 28.2 Å². The molecule has 1 unspecified atom stereocenters. The Labute approximate surface area is 305 Å². The minimum absolute atomic E-state index is 0.0221. The molecule has 0 N–H and O–H groups in total. The fraction of sp³-hybridized carbons (Fsp3) is 0.265.